The number of fused-ring (bicyclic) bond motifs is 1. The summed E-state index contributed by atoms with van der Waals surface area (Å²) in [4.78, 5) is 20.3. The van der Waals surface area contributed by atoms with E-state index in [1.54, 1.807) is 11.3 Å². The van der Waals surface area contributed by atoms with Gasteiger partial charge in [-0.2, -0.15) is 0 Å². The molecule has 0 radical (unpaired) electrons. The fourth-order valence-corrected chi connectivity index (χ4v) is 2.83. The van der Waals surface area contributed by atoms with Crippen molar-refractivity contribution >= 4 is 45.5 Å². The molecule has 0 unspecified atom stereocenters. The molecular weight excluding hydrogens is 242 g/mol. The van der Waals surface area contributed by atoms with Gasteiger partial charge in [0.15, 0.2) is 4.77 Å². The summed E-state index contributed by atoms with van der Waals surface area (Å²) >= 11 is 6.61. The third kappa shape index (κ3) is 1.85. The van der Waals surface area contributed by atoms with Crippen LogP contribution in [0.4, 0.5) is 5.82 Å². The largest absolute Gasteiger partial charge is 0.316 e. The van der Waals surface area contributed by atoms with E-state index in [4.69, 9.17) is 12.2 Å². The van der Waals surface area contributed by atoms with Gasteiger partial charge in [-0.25, -0.2) is 4.98 Å². The molecule has 0 aromatic carbocycles. The summed E-state index contributed by atoms with van der Waals surface area (Å²) in [7, 11) is 0. The number of aromatic amines is 1. The van der Waals surface area contributed by atoms with Crippen LogP contribution in [0, 0.1) is 18.6 Å². The van der Waals surface area contributed by atoms with Gasteiger partial charge in [0.05, 0.1) is 5.39 Å². The minimum atomic E-state index is -0.124. The van der Waals surface area contributed by atoms with Crippen LogP contribution in [0.15, 0.2) is 0 Å². The molecule has 0 fully saturated rings. The first-order valence-electron chi connectivity index (χ1n) is 4.76. The van der Waals surface area contributed by atoms with Crippen LogP contribution in [0.2, 0.25) is 0 Å². The maximum absolute atomic E-state index is 11.1. The van der Waals surface area contributed by atoms with Crippen molar-refractivity contribution in [2.75, 3.05) is 5.32 Å². The molecule has 2 rings (SSSR count). The van der Waals surface area contributed by atoms with E-state index in [-0.39, 0.29) is 5.91 Å². The number of carbonyl (C=O) groups excluding carboxylic acids is 1. The predicted molar refractivity (Wildman–Crippen MR) is 68.6 cm³/mol. The average Bonchev–Trinajstić information content (AvgIpc) is 2.40. The topological polar surface area (TPSA) is 57.8 Å². The van der Waals surface area contributed by atoms with Gasteiger partial charge >= 0.3 is 0 Å². The van der Waals surface area contributed by atoms with Crippen molar-refractivity contribution in [2.24, 2.45) is 0 Å². The summed E-state index contributed by atoms with van der Waals surface area (Å²) in [6.07, 6.45) is 0. The van der Waals surface area contributed by atoms with Crippen molar-refractivity contribution in [2.45, 2.75) is 20.8 Å². The molecule has 0 aliphatic heterocycles. The quantitative estimate of drug-likeness (QED) is 0.768. The van der Waals surface area contributed by atoms with Crippen LogP contribution in [-0.4, -0.2) is 15.9 Å². The number of aromatic nitrogens is 2. The number of hydrogen-bond acceptors (Lipinski definition) is 4. The lowest BCUT2D eigenvalue weighted by molar-refractivity contribution is -0.114. The molecule has 0 saturated heterocycles. The fourth-order valence-electron chi connectivity index (χ4n) is 1.54. The number of amides is 1. The van der Waals surface area contributed by atoms with Gasteiger partial charge in [0.1, 0.15) is 10.6 Å². The minimum absolute atomic E-state index is 0.124. The van der Waals surface area contributed by atoms with Gasteiger partial charge in [-0.05, 0) is 31.6 Å². The summed E-state index contributed by atoms with van der Waals surface area (Å²) in [6.45, 7) is 5.51. The van der Waals surface area contributed by atoms with Crippen LogP contribution in [0.5, 0.6) is 0 Å². The summed E-state index contributed by atoms with van der Waals surface area (Å²) in [6, 6.07) is 0. The molecule has 0 saturated carbocycles. The number of rotatable bonds is 1. The average molecular weight is 253 g/mol. The normalized spacial score (nSPS) is 10.7. The number of nitrogens with one attached hydrogen (secondary N) is 2. The van der Waals surface area contributed by atoms with E-state index in [0.29, 0.717) is 10.6 Å². The highest BCUT2D eigenvalue weighted by Crippen LogP contribution is 2.32. The van der Waals surface area contributed by atoms with E-state index in [2.05, 4.69) is 15.3 Å². The van der Waals surface area contributed by atoms with E-state index in [9.17, 15) is 4.79 Å². The molecule has 2 aromatic heterocycles. The Labute approximate surface area is 102 Å². The van der Waals surface area contributed by atoms with E-state index < -0.39 is 0 Å². The van der Waals surface area contributed by atoms with Crippen LogP contribution in [0.3, 0.4) is 0 Å². The first kappa shape index (κ1) is 11.2. The second kappa shape index (κ2) is 3.95. The van der Waals surface area contributed by atoms with E-state index >= 15 is 0 Å². The van der Waals surface area contributed by atoms with E-state index in [1.807, 2.05) is 13.8 Å². The smallest absolute Gasteiger partial charge is 0.222 e. The zero-order valence-corrected chi connectivity index (χ0v) is 10.8. The monoisotopic (exact) mass is 253 g/mol. The van der Waals surface area contributed by atoms with Crippen LogP contribution in [0.25, 0.3) is 10.2 Å². The molecule has 16 heavy (non-hydrogen) atoms. The number of aryl methyl sites for hydroxylation is 2. The molecule has 2 heterocycles. The lowest BCUT2D eigenvalue weighted by Gasteiger charge is -2.04. The van der Waals surface area contributed by atoms with Crippen LogP contribution in [-0.2, 0) is 4.79 Å². The van der Waals surface area contributed by atoms with E-state index in [1.165, 1.54) is 11.8 Å². The Morgan fingerprint density at radius 3 is 2.81 bits per heavy atom. The van der Waals surface area contributed by atoms with Gasteiger partial charge in [-0.1, -0.05) is 0 Å². The number of H-pyrrole nitrogens is 1. The zero-order valence-electron chi connectivity index (χ0n) is 9.17. The fraction of sp³-hybridized carbons (Fsp3) is 0.300. The molecule has 6 heteroatoms. The van der Waals surface area contributed by atoms with Crippen molar-refractivity contribution in [1.29, 1.82) is 0 Å². The van der Waals surface area contributed by atoms with E-state index in [0.717, 1.165) is 15.8 Å². The number of anilines is 1. The molecule has 4 nitrogen and oxygen atoms in total. The Morgan fingerprint density at radius 1 is 1.50 bits per heavy atom. The highest BCUT2D eigenvalue weighted by atomic mass is 32.1. The third-order valence-corrected chi connectivity index (χ3v) is 3.65. The van der Waals surface area contributed by atoms with Gasteiger partial charge in [0.2, 0.25) is 5.91 Å². The van der Waals surface area contributed by atoms with Crippen molar-refractivity contribution in [3.63, 3.8) is 0 Å². The molecule has 0 bridgehead atoms. The van der Waals surface area contributed by atoms with Crippen LogP contribution in [0.1, 0.15) is 17.4 Å². The van der Waals surface area contributed by atoms with Crippen LogP contribution >= 0.6 is 23.6 Å². The van der Waals surface area contributed by atoms with Crippen molar-refractivity contribution in [1.82, 2.24) is 9.97 Å². The minimum Gasteiger partial charge on any atom is -0.316 e. The van der Waals surface area contributed by atoms with Crippen molar-refractivity contribution < 1.29 is 4.79 Å². The second-order valence-electron chi connectivity index (χ2n) is 3.56. The van der Waals surface area contributed by atoms with Gasteiger partial charge in [-0.3, -0.25) is 4.79 Å². The van der Waals surface area contributed by atoms with Crippen molar-refractivity contribution in [3.05, 3.63) is 15.2 Å². The van der Waals surface area contributed by atoms with Gasteiger partial charge in [-0.15, -0.1) is 11.3 Å². The lowest BCUT2D eigenvalue weighted by atomic mass is 10.2. The highest BCUT2D eigenvalue weighted by molar-refractivity contribution is 7.71. The molecule has 0 atom stereocenters. The van der Waals surface area contributed by atoms with Gasteiger partial charge in [0, 0.05) is 11.8 Å². The number of thiophene rings is 1. The lowest BCUT2D eigenvalue weighted by Crippen LogP contribution is -2.08. The maximum atomic E-state index is 11.1. The Hall–Kier alpha value is -1.27. The Morgan fingerprint density at radius 2 is 2.19 bits per heavy atom. The summed E-state index contributed by atoms with van der Waals surface area (Å²) in [5.41, 5.74) is 1.13. The number of carbonyl (C=O) groups is 1. The number of nitrogens with zero attached hydrogens (tertiary/aromatic N) is 1. The molecular formula is C10H11N3OS2. The molecule has 0 aliphatic rings. The molecule has 0 spiro atoms. The summed E-state index contributed by atoms with van der Waals surface area (Å²) in [5, 5.41) is 3.70. The standard InChI is InChI=1S/C10H11N3OS2/c1-4-5(2)16-9-7(4)8(11-6(3)14)12-10(15)13-9/h1-3H3,(H2,11,12,13,14,15). The molecule has 0 aliphatic carbocycles. The maximum Gasteiger partial charge on any atom is 0.222 e. The Kier molecular flexibility index (Phi) is 2.77. The highest BCUT2D eigenvalue weighted by Gasteiger charge is 2.12. The summed E-state index contributed by atoms with van der Waals surface area (Å²) in [5.74, 6) is 0.519. The second-order valence-corrected chi connectivity index (χ2v) is 5.15. The van der Waals surface area contributed by atoms with Crippen LogP contribution < -0.4 is 5.32 Å². The van der Waals surface area contributed by atoms with Crippen molar-refractivity contribution in [3.8, 4) is 0 Å². The molecule has 2 N–H and O–H groups in total. The Bertz CT molecular complexity index is 627. The molecule has 84 valence electrons. The summed E-state index contributed by atoms with van der Waals surface area (Å²) < 4.78 is 0.387. The van der Waals surface area contributed by atoms with Gasteiger partial charge < -0.3 is 10.3 Å². The zero-order chi connectivity index (χ0) is 11.9. The Balaban J connectivity index is 2.79. The first-order valence-corrected chi connectivity index (χ1v) is 5.99. The number of hydrogen-bond donors (Lipinski definition) is 2. The molecule has 2 aromatic rings. The molecule has 1 amide bonds. The first-order chi connectivity index (χ1) is 7.49. The SMILES string of the molecule is CC(=O)Nc1[nH]c(=S)nc2sc(C)c(C)c12. The third-order valence-electron chi connectivity index (χ3n) is 2.35. The van der Waals surface area contributed by atoms with Gasteiger partial charge in [0.25, 0.3) is 0 Å². The predicted octanol–water partition coefficient (Wildman–Crippen LogP) is 2.93.